The molecule has 0 aliphatic heterocycles. The molecule has 1 heterocycles. The molecule has 2 rings (SSSR count). The number of nitrogens with zero attached hydrogens (tertiary/aromatic N) is 1. The van der Waals surface area contributed by atoms with Crippen LogP contribution in [-0.2, 0) is 23.3 Å². The molecule has 0 spiro atoms. The molecule has 1 saturated carbocycles. The Morgan fingerprint density at radius 3 is 2.85 bits per heavy atom. The number of hydrogen-bond acceptors (Lipinski definition) is 4. The minimum atomic E-state index is -0.146. The van der Waals surface area contributed by atoms with Crippen molar-refractivity contribution in [3.63, 3.8) is 0 Å². The van der Waals surface area contributed by atoms with Crippen LogP contribution in [0.3, 0.4) is 0 Å². The van der Waals surface area contributed by atoms with Gasteiger partial charge in [-0.1, -0.05) is 26.7 Å². The molecule has 0 saturated heterocycles. The molecule has 2 N–H and O–H groups in total. The first kappa shape index (κ1) is 15.9. The topological polar surface area (TPSA) is 48.1 Å². The molecule has 2 unspecified atom stereocenters. The van der Waals surface area contributed by atoms with E-state index in [0.29, 0.717) is 6.54 Å². The van der Waals surface area contributed by atoms with Crippen molar-refractivity contribution in [3.8, 4) is 0 Å². The van der Waals surface area contributed by atoms with E-state index >= 15 is 0 Å². The predicted molar refractivity (Wildman–Crippen MR) is 84.9 cm³/mol. The van der Waals surface area contributed by atoms with E-state index in [2.05, 4.69) is 20.8 Å². The summed E-state index contributed by atoms with van der Waals surface area (Å²) in [6.07, 6.45) is 6.90. The molecule has 0 aromatic carbocycles. The van der Waals surface area contributed by atoms with Crippen LogP contribution >= 0.6 is 11.3 Å². The van der Waals surface area contributed by atoms with Crippen LogP contribution in [-0.4, -0.2) is 11.6 Å². The van der Waals surface area contributed by atoms with Crippen molar-refractivity contribution >= 4 is 11.3 Å². The predicted octanol–water partition coefficient (Wildman–Crippen LogP) is 4.00. The zero-order valence-corrected chi connectivity index (χ0v) is 13.9. The van der Waals surface area contributed by atoms with E-state index < -0.39 is 0 Å². The zero-order chi connectivity index (χ0) is 14.6. The van der Waals surface area contributed by atoms with E-state index in [0.717, 1.165) is 38.2 Å². The number of hydrogen-bond donors (Lipinski definition) is 1. The van der Waals surface area contributed by atoms with Gasteiger partial charge >= 0.3 is 0 Å². The van der Waals surface area contributed by atoms with Gasteiger partial charge in [-0.2, -0.15) is 0 Å². The molecule has 0 bridgehead atoms. The highest BCUT2D eigenvalue weighted by Crippen LogP contribution is 2.45. The van der Waals surface area contributed by atoms with Crippen molar-refractivity contribution in [1.82, 2.24) is 4.98 Å². The molecule has 1 aliphatic carbocycles. The summed E-state index contributed by atoms with van der Waals surface area (Å²) in [6, 6.07) is 0. The first-order chi connectivity index (χ1) is 9.65. The summed E-state index contributed by atoms with van der Waals surface area (Å²) < 4.78 is 6.22. The van der Waals surface area contributed by atoms with Gasteiger partial charge in [-0.05, 0) is 38.5 Å². The number of aromatic nitrogens is 1. The first-order valence-corrected chi connectivity index (χ1v) is 8.80. The number of ether oxygens (including phenoxy) is 1. The van der Waals surface area contributed by atoms with Gasteiger partial charge < -0.3 is 10.5 Å². The summed E-state index contributed by atoms with van der Waals surface area (Å²) in [5.41, 5.74) is 6.95. The lowest BCUT2D eigenvalue weighted by Crippen LogP contribution is -2.35. The van der Waals surface area contributed by atoms with Crippen molar-refractivity contribution in [3.05, 3.63) is 15.6 Å². The fourth-order valence-corrected chi connectivity index (χ4v) is 4.50. The van der Waals surface area contributed by atoms with E-state index in [-0.39, 0.29) is 5.60 Å². The Bertz CT molecular complexity index is 428. The third-order valence-electron chi connectivity index (χ3n) is 4.22. The Morgan fingerprint density at radius 2 is 2.25 bits per heavy atom. The lowest BCUT2D eigenvalue weighted by molar-refractivity contribution is -0.0821. The third-order valence-corrected chi connectivity index (χ3v) is 5.52. The van der Waals surface area contributed by atoms with Gasteiger partial charge in [-0.25, -0.2) is 4.98 Å². The average molecular weight is 296 g/mol. The summed E-state index contributed by atoms with van der Waals surface area (Å²) in [4.78, 5) is 6.18. The molecule has 114 valence electrons. The second-order valence-electron chi connectivity index (χ2n) is 5.97. The maximum Gasteiger partial charge on any atom is 0.125 e. The summed E-state index contributed by atoms with van der Waals surface area (Å²) in [5, 5.41) is 1.18. The van der Waals surface area contributed by atoms with Crippen molar-refractivity contribution in [2.45, 2.75) is 71.4 Å². The second-order valence-corrected chi connectivity index (χ2v) is 7.06. The van der Waals surface area contributed by atoms with Crippen LogP contribution in [0, 0.1) is 5.92 Å². The Balaban J connectivity index is 2.33. The molecule has 4 heteroatoms. The van der Waals surface area contributed by atoms with Crippen LogP contribution in [0.25, 0.3) is 0 Å². The normalized spacial score (nSPS) is 26.9. The van der Waals surface area contributed by atoms with Gasteiger partial charge in [-0.15, -0.1) is 11.3 Å². The zero-order valence-electron chi connectivity index (χ0n) is 13.1. The minimum absolute atomic E-state index is 0.146. The Kier molecular flexibility index (Phi) is 5.58. The largest absolute Gasteiger partial charge is 0.368 e. The van der Waals surface area contributed by atoms with Crippen molar-refractivity contribution in [1.29, 1.82) is 0 Å². The van der Waals surface area contributed by atoms with Gasteiger partial charge in [0, 0.05) is 18.0 Å². The van der Waals surface area contributed by atoms with E-state index in [1.165, 1.54) is 28.4 Å². The Morgan fingerprint density at radius 1 is 1.45 bits per heavy atom. The van der Waals surface area contributed by atoms with Crippen LogP contribution in [0.15, 0.2) is 0 Å². The molecule has 1 fully saturated rings. The van der Waals surface area contributed by atoms with Crippen molar-refractivity contribution in [2.24, 2.45) is 11.7 Å². The quantitative estimate of drug-likeness (QED) is 0.863. The fourth-order valence-electron chi connectivity index (χ4n) is 3.34. The fraction of sp³-hybridized carbons (Fsp3) is 0.812. The van der Waals surface area contributed by atoms with Crippen molar-refractivity contribution < 1.29 is 4.74 Å². The van der Waals surface area contributed by atoms with Gasteiger partial charge in [0.25, 0.3) is 0 Å². The summed E-state index contributed by atoms with van der Waals surface area (Å²) in [5.74, 6) is 0.718. The minimum Gasteiger partial charge on any atom is -0.368 e. The molecule has 20 heavy (non-hydrogen) atoms. The summed E-state index contributed by atoms with van der Waals surface area (Å²) in [6.45, 7) is 7.97. The van der Waals surface area contributed by atoms with Crippen molar-refractivity contribution in [2.75, 3.05) is 6.61 Å². The lowest BCUT2D eigenvalue weighted by atomic mass is 9.79. The smallest absolute Gasteiger partial charge is 0.125 e. The molecule has 1 aromatic heterocycles. The molecular formula is C16H28N2OS. The molecule has 2 atom stereocenters. The summed E-state index contributed by atoms with van der Waals surface area (Å²) >= 11 is 1.79. The molecule has 3 nitrogen and oxygen atoms in total. The van der Waals surface area contributed by atoms with Gasteiger partial charge in [0.05, 0.1) is 5.69 Å². The maximum atomic E-state index is 6.22. The molecule has 0 amide bonds. The molecule has 0 radical (unpaired) electrons. The Hall–Kier alpha value is -0.450. The molecule has 1 aliphatic rings. The number of thiazole rings is 1. The second kappa shape index (κ2) is 7.01. The van der Waals surface area contributed by atoms with E-state index in [4.69, 9.17) is 15.5 Å². The van der Waals surface area contributed by atoms with Gasteiger partial charge in [0.15, 0.2) is 0 Å². The van der Waals surface area contributed by atoms with Crippen LogP contribution in [0.2, 0.25) is 0 Å². The van der Waals surface area contributed by atoms with Gasteiger partial charge in [-0.3, -0.25) is 0 Å². The van der Waals surface area contributed by atoms with Gasteiger partial charge in [0.2, 0.25) is 0 Å². The average Bonchev–Trinajstić information content (AvgIpc) is 2.83. The first-order valence-electron chi connectivity index (χ1n) is 7.98. The number of nitrogens with two attached hydrogens (primary N) is 1. The summed E-state index contributed by atoms with van der Waals surface area (Å²) in [7, 11) is 0. The van der Waals surface area contributed by atoms with Crippen LogP contribution in [0.4, 0.5) is 0 Å². The lowest BCUT2D eigenvalue weighted by Gasteiger charge is -2.38. The SMILES string of the molecule is CCCc1nc(C2(OCC)CCCC(C)C2)sc1CN. The van der Waals surface area contributed by atoms with Crippen LogP contribution in [0.1, 0.15) is 68.5 Å². The Labute approximate surface area is 126 Å². The van der Waals surface area contributed by atoms with Gasteiger partial charge in [0.1, 0.15) is 10.6 Å². The standard InChI is InChI=1S/C16H28N2OS/c1-4-7-13-14(11-17)20-15(18-13)16(19-5-2)9-6-8-12(3)10-16/h12H,4-11,17H2,1-3H3. The molecular weight excluding hydrogens is 268 g/mol. The van der Waals surface area contributed by atoms with Crippen LogP contribution < -0.4 is 5.73 Å². The van der Waals surface area contributed by atoms with E-state index in [9.17, 15) is 0 Å². The highest BCUT2D eigenvalue weighted by atomic mass is 32.1. The third kappa shape index (κ3) is 3.23. The monoisotopic (exact) mass is 296 g/mol. The van der Waals surface area contributed by atoms with E-state index in [1.54, 1.807) is 11.3 Å². The van der Waals surface area contributed by atoms with Crippen LogP contribution in [0.5, 0.6) is 0 Å². The number of rotatable bonds is 6. The maximum absolute atomic E-state index is 6.22. The molecule has 1 aromatic rings. The highest BCUT2D eigenvalue weighted by molar-refractivity contribution is 7.11. The highest BCUT2D eigenvalue weighted by Gasteiger charge is 2.40. The van der Waals surface area contributed by atoms with E-state index in [1.807, 2.05) is 0 Å². The number of aryl methyl sites for hydroxylation is 1.